The summed E-state index contributed by atoms with van der Waals surface area (Å²) < 4.78 is 48.4. The third-order valence-electron chi connectivity index (χ3n) is 17.5. The standard InChI is InChI=1S/C45H72O23/c1-18-13-44-9-5-23-42(2,7-4-8-43(23,3)41(60)67-39-34(59)31(56)27(52)21(16-48)63-39)24(44)6-10-45(18,12-11-44)68-40-36(66-38-33(58)30(55)26(51)20(15-47)62-38)35(28(53)22(17-49)64-40)65-37-32(57)29(54)25(50)19(14-46)61-37/h19-40,46-59H,1,4-17H2,2-3H3/t19?,20?,21?,22?,23-,24-,25?,26?,27+,28?,29?,30?,31?,32?,33?,34?,35?,36?,37?,38?,39-,40?,42+,43+,44-,45-/m0/s1. The topological polar surface area (TPSA) is 374 Å². The molecule has 5 saturated carbocycles. The lowest BCUT2D eigenvalue weighted by Crippen LogP contribution is -2.68. The normalized spacial score (nSPS) is 54.1. The zero-order valence-corrected chi connectivity index (χ0v) is 38.2. The van der Waals surface area contributed by atoms with Crippen LogP contribution in [0, 0.1) is 28.1 Å². The van der Waals surface area contributed by atoms with Crippen molar-refractivity contribution in [1.82, 2.24) is 0 Å². The molecule has 68 heavy (non-hydrogen) atoms. The molecule has 26 atom stereocenters. The van der Waals surface area contributed by atoms with Crippen LogP contribution >= 0.6 is 0 Å². The quantitative estimate of drug-likeness (QED) is 0.0645. The van der Waals surface area contributed by atoms with Gasteiger partial charge in [0, 0.05) is 0 Å². The second-order valence-electron chi connectivity index (χ2n) is 21.1. The predicted octanol–water partition coefficient (Wildman–Crippen LogP) is -4.72. The molecule has 0 amide bonds. The summed E-state index contributed by atoms with van der Waals surface area (Å²) in [7, 11) is 0. The van der Waals surface area contributed by atoms with E-state index in [2.05, 4.69) is 13.5 Å². The van der Waals surface area contributed by atoms with Crippen molar-refractivity contribution in [3.05, 3.63) is 12.2 Å². The molecule has 4 heterocycles. The summed E-state index contributed by atoms with van der Waals surface area (Å²) in [5.41, 5.74) is -2.21. The van der Waals surface area contributed by atoms with Crippen molar-refractivity contribution in [3.8, 4) is 0 Å². The first-order chi connectivity index (χ1) is 32.1. The Bertz CT molecular complexity index is 1770. The van der Waals surface area contributed by atoms with Crippen molar-refractivity contribution in [2.45, 2.75) is 206 Å². The first-order valence-electron chi connectivity index (χ1n) is 23.9. The Hall–Kier alpha value is -1.63. The zero-order chi connectivity index (χ0) is 49.4. The van der Waals surface area contributed by atoms with E-state index >= 15 is 0 Å². The van der Waals surface area contributed by atoms with Crippen molar-refractivity contribution < 1.29 is 114 Å². The Labute approximate surface area is 392 Å². The Morgan fingerprint density at radius 1 is 0.544 bits per heavy atom. The van der Waals surface area contributed by atoms with Crippen LogP contribution in [0.15, 0.2) is 12.2 Å². The Morgan fingerprint density at radius 3 is 1.54 bits per heavy atom. The van der Waals surface area contributed by atoms with Gasteiger partial charge in [0.15, 0.2) is 18.9 Å². The molecule has 390 valence electrons. The largest absolute Gasteiger partial charge is 0.432 e. The third-order valence-corrected chi connectivity index (χ3v) is 17.5. The summed E-state index contributed by atoms with van der Waals surface area (Å²) in [6.07, 6.45) is -28.4. The smallest absolute Gasteiger partial charge is 0.314 e. The van der Waals surface area contributed by atoms with Gasteiger partial charge in [-0.05, 0) is 93.0 Å². The average molecular weight is 981 g/mol. The fourth-order valence-corrected chi connectivity index (χ4v) is 13.6. The first-order valence-corrected chi connectivity index (χ1v) is 23.9. The lowest BCUT2D eigenvalue weighted by Gasteiger charge is -2.63. The number of hydrogen-bond donors (Lipinski definition) is 14. The minimum absolute atomic E-state index is 0.0147. The molecule has 9 aliphatic rings. The Balaban J connectivity index is 1.08. The zero-order valence-electron chi connectivity index (χ0n) is 38.2. The van der Waals surface area contributed by atoms with Crippen molar-refractivity contribution in [1.29, 1.82) is 0 Å². The van der Waals surface area contributed by atoms with Crippen LogP contribution in [0.2, 0.25) is 0 Å². The Morgan fingerprint density at radius 2 is 1.01 bits per heavy atom. The third kappa shape index (κ3) is 8.80. The van der Waals surface area contributed by atoms with Gasteiger partial charge in [0.05, 0.1) is 37.4 Å². The number of hydrogen-bond acceptors (Lipinski definition) is 23. The van der Waals surface area contributed by atoms with Crippen molar-refractivity contribution >= 4 is 5.97 Å². The SMILES string of the molecule is C=C1C[C@@]23CC[C@H]4[C@@](C)(CCC[C@@]4(C)C(=O)O[C@@H]4OC(CO)[C@@H](O)C(O)C4O)[C@@H]2CC[C@]1(OC1OC(CO)C(O)C(OC2OC(CO)C(O)C(O)C2O)C1OC1OC(CO)C(O)C(O)C1O)CC3. The van der Waals surface area contributed by atoms with Crippen LogP contribution in [0.5, 0.6) is 0 Å². The summed E-state index contributed by atoms with van der Waals surface area (Å²) in [4.78, 5) is 14.3. The van der Waals surface area contributed by atoms with Crippen LogP contribution in [0.4, 0.5) is 0 Å². The van der Waals surface area contributed by atoms with Gasteiger partial charge in [0.1, 0.15) is 97.7 Å². The summed E-state index contributed by atoms with van der Waals surface area (Å²) in [6.45, 7) is 5.49. The van der Waals surface area contributed by atoms with Gasteiger partial charge in [-0.15, -0.1) is 0 Å². The molecule has 0 aromatic rings. The minimum Gasteiger partial charge on any atom is -0.432 e. The summed E-state index contributed by atoms with van der Waals surface area (Å²) in [5, 5.41) is 148. The number of fused-ring (bicyclic) bond motifs is 4. The molecule has 2 bridgehead atoms. The molecule has 23 nitrogen and oxygen atoms in total. The molecule has 9 rings (SSSR count). The van der Waals surface area contributed by atoms with E-state index in [0.717, 1.165) is 6.42 Å². The molecular formula is C45H72O23. The second-order valence-corrected chi connectivity index (χ2v) is 21.1. The highest BCUT2D eigenvalue weighted by molar-refractivity contribution is 5.77. The van der Waals surface area contributed by atoms with Gasteiger partial charge in [0.2, 0.25) is 6.29 Å². The van der Waals surface area contributed by atoms with Crippen LogP contribution in [0.1, 0.15) is 78.1 Å². The maximum atomic E-state index is 14.3. The summed E-state index contributed by atoms with van der Waals surface area (Å²) in [6, 6.07) is 0. The van der Waals surface area contributed by atoms with E-state index in [1.165, 1.54) is 0 Å². The molecular weight excluding hydrogens is 908 g/mol. The van der Waals surface area contributed by atoms with Crippen LogP contribution < -0.4 is 0 Å². The minimum atomic E-state index is -1.96. The first kappa shape index (κ1) is 52.7. The molecule has 1 spiro atoms. The molecule has 9 fully saturated rings. The van der Waals surface area contributed by atoms with E-state index in [-0.39, 0.29) is 17.3 Å². The Kier molecular flexibility index (Phi) is 15.5. The molecule has 23 heteroatoms. The van der Waals surface area contributed by atoms with Crippen LogP contribution in [0.3, 0.4) is 0 Å². The van der Waals surface area contributed by atoms with Crippen LogP contribution in [-0.4, -0.2) is 232 Å². The number of rotatable bonds is 12. The fraction of sp³-hybridized carbons (Fsp3) is 0.933. The number of aliphatic hydroxyl groups is 14. The summed E-state index contributed by atoms with van der Waals surface area (Å²) >= 11 is 0. The highest BCUT2D eigenvalue weighted by atomic mass is 16.8. The second kappa shape index (κ2) is 20.0. The van der Waals surface area contributed by atoms with Gasteiger partial charge >= 0.3 is 5.97 Å². The summed E-state index contributed by atoms with van der Waals surface area (Å²) in [5.74, 6) is -0.818. The van der Waals surface area contributed by atoms with E-state index < -0.39 is 172 Å². The molecule has 4 aliphatic heterocycles. The molecule has 0 radical (unpaired) electrons. The van der Waals surface area contributed by atoms with Crippen molar-refractivity contribution in [2.24, 2.45) is 28.1 Å². The number of carbonyl (C=O) groups is 1. The number of esters is 1. The number of aliphatic hydroxyl groups excluding tert-OH is 14. The monoisotopic (exact) mass is 980 g/mol. The lowest BCUT2D eigenvalue weighted by molar-refractivity contribution is -0.399. The van der Waals surface area contributed by atoms with E-state index in [1.807, 2.05) is 6.92 Å². The van der Waals surface area contributed by atoms with Crippen LogP contribution in [-0.2, 0) is 42.7 Å². The molecule has 0 aromatic carbocycles. The lowest BCUT2D eigenvalue weighted by atomic mass is 9.41. The van der Waals surface area contributed by atoms with Crippen molar-refractivity contribution in [3.63, 3.8) is 0 Å². The molecule has 14 N–H and O–H groups in total. The van der Waals surface area contributed by atoms with E-state index in [1.54, 1.807) is 0 Å². The van der Waals surface area contributed by atoms with E-state index in [0.29, 0.717) is 63.4 Å². The van der Waals surface area contributed by atoms with Crippen LogP contribution in [0.25, 0.3) is 0 Å². The highest BCUT2D eigenvalue weighted by Gasteiger charge is 2.67. The molecule has 0 aromatic heterocycles. The van der Waals surface area contributed by atoms with Gasteiger partial charge in [-0.25, -0.2) is 0 Å². The van der Waals surface area contributed by atoms with E-state index in [4.69, 9.17) is 37.9 Å². The van der Waals surface area contributed by atoms with Gasteiger partial charge in [-0.3, -0.25) is 4.79 Å². The average Bonchev–Trinajstić information content (AvgIpc) is 3.56. The van der Waals surface area contributed by atoms with Gasteiger partial charge < -0.3 is 109 Å². The van der Waals surface area contributed by atoms with E-state index in [9.17, 15) is 76.3 Å². The highest BCUT2D eigenvalue weighted by Crippen LogP contribution is 2.71. The molecule has 5 aliphatic carbocycles. The number of ether oxygens (including phenoxy) is 8. The molecule has 18 unspecified atom stereocenters. The number of carbonyl (C=O) groups excluding carboxylic acids is 1. The van der Waals surface area contributed by atoms with Crippen molar-refractivity contribution in [2.75, 3.05) is 26.4 Å². The van der Waals surface area contributed by atoms with Gasteiger partial charge in [-0.2, -0.15) is 0 Å². The maximum Gasteiger partial charge on any atom is 0.314 e. The predicted molar refractivity (Wildman–Crippen MR) is 224 cm³/mol. The van der Waals surface area contributed by atoms with Gasteiger partial charge in [-0.1, -0.05) is 19.9 Å². The fourth-order valence-electron chi connectivity index (χ4n) is 13.6. The molecule has 4 saturated heterocycles. The maximum absolute atomic E-state index is 14.3. The van der Waals surface area contributed by atoms with Gasteiger partial charge in [0.25, 0.3) is 0 Å².